The fourth-order valence-corrected chi connectivity index (χ4v) is 2.37. The summed E-state index contributed by atoms with van der Waals surface area (Å²) in [5.41, 5.74) is 9.60. The van der Waals surface area contributed by atoms with Crippen LogP contribution in [0, 0.1) is 13.8 Å². The SMILES string of the molecule is COc1c(C)cc(CNCCCC(C)(C)N)cc1C. The molecule has 0 radical (unpaired) electrons. The Morgan fingerprint density at radius 1 is 1.21 bits per heavy atom. The summed E-state index contributed by atoms with van der Waals surface area (Å²) in [5, 5.41) is 3.47. The van der Waals surface area contributed by atoms with Crippen molar-refractivity contribution >= 4 is 0 Å². The van der Waals surface area contributed by atoms with Crippen molar-refractivity contribution in [1.29, 1.82) is 0 Å². The predicted molar refractivity (Wildman–Crippen MR) is 81.7 cm³/mol. The molecule has 0 aliphatic carbocycles. The first-order valence-corrected chi connectivity index (χ1v) is 6.97. The third kappa shape index (κ3) is 5.62. The largest absolute Gasteiger partial charge is 0.496 e. The summed E-state index contributed by atoms with van der Waals surface area (Å²) in [6, 6.07) is 4.37. The number of benzene rings is 1. The molecule has 108 valence electrons. The van der Waals surface area contributed by atoms with E-state index in [0.29, 0.717) is 0 Å². The van der Waals surface area contributed by atoms with Gasteiger partial charge in [-0.25, -0.2) is 0 Å². The van der Waals surface area contributed by atoms with Crippen molar-refractivity contribution in [1.82, 2.24) is 5.32 Å². The lowest BCUT2D eigenvalue weighted by Gasteiger charge is -2.18. The van der Waals surface area contributed by atoms with Gasteiger partial charge in [0.1, 0.15) is 5.75 Å². The van der Waals surface area contributed by atoms with Crippen molar-refractivity contribution in [2.75, 3.05) is 13.7 Å². The molecule has 0 spiro atoms. The van der Waals surface area contributed by atoms with Gasteiger partial charge in [0, 0.05) is 12.1 Å². The molecule has 19 heavy (non-hydrogen) atoms. The Labute approximate surface area is 117 Å². The summed E-state index contributed by atoms with van der Waals surface area (Å²) in [6.07, 6.45) is 2.15. The lowest BCUT2D eigenvalue weighted by molar-refractivity contribution is 0.408. The molecule has 0 aliphatic rings. The average Bonchev–Trinajstić information content (AvgIpc) is 2.26. The number of methoxy groups -OCH3 is 1. The summed E-state index contributed by atoms with van der Waals surface area (Å²) in [5.74, 6) is 0.994. The zero-order valence-electron chi connectivity index (χ0n) is 13.0. The quantitative estimate of drug-likeness (QED) is 0.744. The van der Waals surface area contributed by atoms with Crippen LogP contribution in [0.1, 0.15) is 43.4 Å². The molecule has 0 unspecified atom stereocenters. The highest BCUT2D eigenvalue weighted by Gasteiger charge is 2.09. The van der Waals surface area contributed by atoms with E-state index in [-0.39, 0.29) is 5.54 Å². The minimum atomic E-state index is -0.0605. The first kappa shape index (κ1) is 16.0. The number of nitrogens with one attached hydrogen (secondary N) is 1. The fraction of sp³-hybridized carbons (Fsp3) is 0.625. The van der Waals surface area contributed by atoms with Gasteiger partial charge < -0.3 is 15.8 Å². The molecule has 0 aromatic heterocycles. The molecule has 0 heterocycles. The van der Waals surface area contributed by atoms with Gasteiger partial charge in [-0.2, -0.15) is 0 Å². The molecular formula is C16H28N2O. The van der Waals surface area contributed by atoms with E-state index in [0.717, 1.165) is 31.7 Å². The standard InChI is InChI=1S/C16H28N2O/c1-12-9-14(10-13(2)15(12)19-5)11-18-8-6-7-16(3,4)17/h9-10,18H,6-8,11,17H2,1-5H3. The highest BCUT2D eigenvalue weighted by molar-refractivity contribution is 5.43. The maximum Gasteiger partial charge on any atom is 0.124 e. The number of aryl methyl sites for hydroxylation is 2. The van der Waals surface area contributed by atoms with Crippen LogP contribution in [-0.4, -0.2) is 19.2 Å². The van der Waals surface area contributed by atoms with Gasteiger partial charge in [-0.15, -0.1) is 0 Å². The Kier molecular flexibility index (Phi) is 5.83. The Morgan fingerprint density at radius 3 is 2.26 bits per heavy atom. The molecule has 1 aromatic carbocycles. The molecule has 3 nitrogen and oxygen atoms in total. The summed E-state index contributed by atoms with van der Waals surface area (Å²) in [7, 11) is 1.72. The van der Waals surface area contributed by atoms with Crippen LogP contribution in [0.4, 0.5) is 0 Å². The molecule has 0 atom stereocenters. The van der Waals surface area contributed by atoms with Crippen molar-refractivity contribution < 1.29 is 4.74 Å². The number of hydrogen-bond donors (Lipinski definition) is 2. The van der Waals surface area contributed by atoms with Crippen LogP contribution in [0.3, 0.4) is 0 Å². The van der Waals surface area contributed by atoms with Gasteiger partial charge in [0.15, 0.2) is 0 Å². The van der Waals surface area contributed by atoms with E-state index in [2.05, 4.69) is 45.1 Å². The minimum absolute atomic E-state index is 0.0605. The second kappa shape index (κ2) is 6.92. The number of rotatable bonds is 7. The smallest absolute Gasteiger partial charge is 0.124 e. The van der Waals surface area contributed by atoms with Crippen LogP contribution < -0.4 is 15.8 Å². The van der Waals surface area contributed by atoms with E-state index in [1.807, 2.05) is 0 Å². The maximum atomic E-state index is 5.96. The van der Waals surface area contributed by atoms with E-state index in [1.165, 1.54) is 16.7 Å². The lowest BCUT2D eigenvalue weighted by Crippen LogP contribution is -2.32. The third-order valence-corrected chi connectivity index (χ3v) is 3.23. The van der Waals surface area contributed by atoms with Crippen LogP contribution in [0.25, 0.3) is 0 Å². The summed E-state index contributed by atoms with van der Waals surface area (Å²) in [6.45, 7) is 10.2. The fourth-order valence-electron chi connectivity index (χ4n) is 2.37. The van der Waals surface area contributed by atoms with Gasteiger partial charge in [-0.3, -0.25) is 0 Å². The number of hydrogen-bond acceptors (Lipinski definition) is 3. The minimum Gasteiger partial charge on any atom is -0.496 e. The van der Waals surface area contributed by atoms with Crippen LogP contribution in [-0.2, 0) is 6.54 Å². The molecule has 0 aliphatic heterocycles. The number of ether oxygens (including phenoxy) is 1. The van der Waals surface area contributed by atoms with Crippen molar-refractivity contribution in [2.24, 2.45) is 5.73 Å². The lowest BCUT2D eigenvalue weighted by atomic mass is 10.0. The molecule has 0 saturated heterocycles. The van der Waals surface area contributed by atoms with Crippen LogP contribution in [0.5, 0.6) is 5.75 Å². The van der Waals surface area contributed by atoms with Gasteiger partial charge in [-0.05, 0) is 63.8 Å². The first-order chi connectivity index (χ1) is 8.83. The molecular weight excluding hydrogens is 236 g/mol. The zero-order valence-corrected chi connectivity index (χ0v) is 13.0. The topological polar surface area (TPSA) is 47.3 Å². The third-order valence-electron chi connectivity index (χ3n) is 3.23. The normalized spacial score (nSPS) is 11.7. The van der Waals surface area contributed by atoms with Crippen molar-refractivity contribution in [3.8, 4) is 5.75 Å². The first-order valence-electron chi connectivity index (χ1n) is 6.97. The van der Waals surface area contributed by atoms with E-state index < -0.39 is 0 Å². The Morgan fingerprint density at radius 2 is 1.79 bits per heavy atom. The van der Waals surface area contributed by atoms with Gasteiger partial charge in [0.25, 0.3) is 0 Å². The Hall–Kier alpha value is -1.06. The van der Waals surface area contributed by atoms with E-state index in [4.69, 9.17) is 10.5 Å². The predicted octanol–water partition coefficient (Wildman–Crippen LogP) is 2.92. The number of nitrogens with two attached hydrogens (primary N) is 1. The molecule has 0 bridgehead atoms. The summed E-state index contributed by atoms with van der Waals surface area (Å²) >= 11 is 0. The molecule has 1 aromatic rings. The molecule has 0 fully saturated rings. The maximum absolute atomic E-state index is 5.96. The van der Waals surface area contributed by atoms with Gasteiger partial charge in [0.2, 0.25) is 0 Å². The van der Waals surface area contributed by atoms with Crippen LogP contribution >= 0.6 is 0 Å². The van der Waals surface area contributed by atoms with Gasteiger partial charge >= 0.3 is 0 Å². The average molecular weight is 264 g/mol. The Bertz CT molecular complexity index is 385. The van der Waals surface area contributed by atoms with Crippen molar-refractivity contribution in [2.45, 2.75) is 52.6 Å². The van der Waals surface area contributed by atoms with Crippen LogP contribution in [0.2, 0.25) is 0 Å². The highest BCUT2D eigenvalue weighted by atomic mass is 16.5. The summed E-state index contributed by atoms with van der Waals surface area (Å²) < 4.78 is 5.38. The van der Waals surface area contributed by atoms with E-state index in [9.17, 15) is 0 Å². The van der Waals surface area contributed by atoms with Crippen LogP contribution in [0.15, 0.2) is 12.1 Å². The molecule has 0 amide bonds. The molecule has 1 rings (SSSR count). The second-order valence-corrected chi connectivity index (χ2v) is 6.03. The Balaban J connectivity index is 2.42. The summed E-state index contributed by atoms with van der Waals surface area (Å²) in [4.78, 5) is 0. The monoisotopic (exact) mass is 264 g/mol. The van der Waals surface area contributed by atoms with Crippen molar-refractivity contribution in [3.05, 3.63) is 28.8 Å². The second-order valence-electron chi connectivity index (χ2n) is 6.03. The van der Waals surface area contributed by atoms with Crippen molar-refractivity contribution in [3.63, 3.8) is 0 Å². The highest BCUT2D eigenvalue weighted by Crippen LogP contribution is 2.24. The van der Waals surface area contributed by atoms with Gasteiger partial charge in [0.05, 0.1) is 7.11 Å². The molecule has 3 heteroatoms. The molecule has 0 saturated carbocycles. The zero-order chi connectivity index (χ0) is 14.5. The molecule has 3 N–H and O–H groups in total. The van der Waals surface area contributed by atoms with E-state index >= 15 is 0 Å². The van der Waals surface area contributed by atoms with Gasteiger partial charge in [-0.1, -0.05) is 12.1 Å². The van der Waals surface area contributed by atoms with E-state index in [1.54, 1.807) is 7.11 Å².